The number of carbonyl (C=O) groups is 3. The molecule has 0 spiro atoms. The van der Waals surface area contributed by atoms with Crippen LogP contribution in [-0.2, 0) is 17.4 Å². The number of primary amides is 1. The molecule has 4 N–H and O–H groups in total. The van der Waals surface area contributed by atoms with Crippen molar-refractivity contribution >= 4 is 29.5 Å². The molecule has 0 saturated carbocycles. The van der Waals surface area contributed by atoms with E-state index >= 15 is 0 Å². The van der Waals surface area contributed by atoms with Crippen LogP contribution in [0.15, 0.2) is 60.8 Å². The molecule has 10 nitrogen and oxygen atoms in total. The summed E-state index contributed by atoms with van der Waals surface area (Å²) in [6, 6.07) is 15.0. The van der Waals surface area contributed by atoms with Crippen LogP contribution in [0.25, 0.3) is 0 Å². The van der Waals surface area contributed by atoms with Crippen molar-refractivity contribution in [3.05, 3.63) is 83.2 Å². The van der Waals surface area contributed by atoms with Crippen molar-refractivity contribution in [2.45, 2.75) is 24.9 Å². The summed E-state index contributed by atoms with van der Waals surface area (Å²) in [7, 11) is 0. The van der Waals surface area contributed by atoms with Crippen molar-refractivity contribution in [2.24, 2.45) is 5.73 Å². The van der Waals surface area contributed by atoms with Gasteiger partial charge in [-0.05, 0) is 36.2 Å². The number of aromatic nitrogens is 2. The number of nitrogens with two attached hydrogens (primary N) is 1. The summed E-state index contributed by atoms with van der Waals surface area (Å²) in [4.78, 5) is 46.4. The van der Waals surface area contributed by atoms with E-state index in [2.05, 4.69) is 15.3 Å². The van der Waals surface area contributed by atoms with E-state index in [-0.39, 0.29) is 56.6 Å². The first-order valence-electron chi connectivity index (χ1n) is 12.4. The van der Waals surface area contributed by atoms with Crippen molar-refractivity contribution in [1.82, 2.24) is 19.8 Å². The van der Waals surface area contributed by atoms with E-state index in [0.717, 1.165) is 5.56 Å². The van der Waals surface area contributed by atoms with Gasteiger partial charge in [0.15, 0.2) is 0 Å². The number of rotatable bonds is 8. The van der Waals surface area contributed by atoms with Crippen LogP contribution in [0.3, 0.4) is 0 Å². The minimum Gasteiger partial charge on any atom is -0.465 e. The highest BCUT2D eigenvalue weighted by molar-refractivity contribution is 5.94. The van der Waals surface area contributed by atoms with E-state index in [4.69, 9.17) is 10.8 Å². The van der Waals surface area contributed by atoms with Crippen LogP contribution >= 0.6 is 0 Å². The summed E-state index contributed by atoms with van der Waals surface area (Å²) >= 11 is 0. The molecule has 1 aromatic heterocycles. The molecule has 1 unspecified atom stereocenters. The second kappa shape index (κ2) is 12.0. The molecule has 0 aliphatic carbocycles. The van der Waals surface area contributed by atoms with Crippen molar-refractivity contribution in [2.75, 3.05) is 31.5 Å². The first-order chi connectivity index (χ1) is 19.0. The maximum atomic E-state index is 13.9. The topological polar surface area (TPSA) is 142 Å². The summed E-state index contributed by atoms with van der Waals surface area (Å²) < 4.78 is 41.7. The maximum absolute atomic E-state index is 13.9. The molecule has 3 aromatic rings. The number of nitrogens with zero attached hydrogens (tertiary/aromatic N) is 4. The SMILES string of the molecule is NC(=O)CC(Cc1ccccc1)c1nc(Nc2ccc(C(=O)N3CCN(C(=O)O)CC3)cc2)ncc1C(F)(F)F. The number of piperazine rings is 1. The van der Waals surface area contributed by atoms with Gasteiger partial charge in [0.05, 0.1) is 11.3 Å². The summed E-state index contributed by atoms with van der Waals surface area (Å²) in [5, 5.41) is 11.9. The van der Waals surface area contributed by atoms with E-state index in [0.29, 0.717) is 17.4 Å². The summed E-state index contributed by atoms with van der Waals surface area (Å²) in [6.45, 7) is 0.968. The second-order valence-electron chi connectivity index (χ2n) is 9.31. The van der Waals surface area contributed by atoms with Crippen molar-refractivity contribution in [1.29, 1.82) is 0 Å². The molecular formula is C27H27F3N6O4. The Morgan fingerprint density at radius 1 is 0.975 bits per heavy atom. The standard InChI is InChI=1S/C27H27F3N6O4/c28-27(29,30)21-16-32-25(34-23(21)19(15-22(31)37)14-17-4-2-1-3-5-17)33-20-8-6-18(7-9-20)24(38)35-10-12-36(13-11-35)26(39)40/h1-9,16,19H,10-15H2,(H2,31,37)(H,39,40)(H,32,33,34). The number of nitrogens with one attached hydrogen (secondary N) is 1. The maximum Gasteiger partial charge on any atom is 0.419 e. The summed E-state index contributed by atoms with van der Waals surface area (Å²) in [5.41, 5.74) is 5.49. The van der Waals surface area contributed by atoms with E-state index in [1.54, 1.807) is 59.5 Å². The minimum atomic E-state index is -4.75. The molecule has 1 fully saturated rings. The molecule has 3 amide bonds. The lowest BCUT2D eigenvalue weighted by molar-refractivity contribution is -0.139. The van der Waals surface area contributed by atoms with Crippen LogP contribution in [0.5, 0.6) is 0 Å². The lowest BCUT2D eigenvalue weighted by Crippen LogP contribution is -2.50. The normalized spacial score (nSPS) is 14.5. The number of hydrogen-bond donors (Lipinski definition) is 3. The molecule has 13 heteroatoms. The molecule has 210 valence electrons. The fourth-order valence-electron chi connectivity index (χ4n) is 4.50. The largest absolute Gasteiger partial charge is 0.465 e. The van der Waals surface area contributed by atoms with Gasteiger partial charge >= 0.3 is 12.3 Å². The van der Waals surface area contributed by atoms with Crippen LogP contribution in [0.2, 0.25) is 0 Å². The van der Waals surface area contributed by atoms with Gasteiger partial charge < -0.3 is 26.0 Å². The van der Waals surface area contributed by atoms with E-state index in [9.17, 15) is 27.6 Å². The van der Waals surface area contributed by atoms with E-state index in [1.165, 1.54) is 4.90 Å². The van der Waals surface area contributed by atoms with Crippen LogP contribution in [0.4, 0.5) is 29.6 Å². The Morgan fingerprint density at radius 3 is 2.17 bits per heavy atom. The molecule has 2 aromatic carbocycles. The first-order valence-corrected chi connectivity index (χ1v) is 12.4. The first kappa shape index (κ1) is 28.3. The predicted molar refractivity (Wildman–Crippen MR) is 139 cm³/mol. The van der Waals surface area contributed by atoms with E-state index in [1.807, 2.05) is 0 Å². The third kappa shape index (κ3) is 7.04. The third-order valence-corrected chi connectivity index (χ3v) is 6.51. The molecule has 1 saturated heterocycles. The van der Waals surface area contributed by atoms with E-state index < -0.39 is 29.7 Å². The number of anilines is 2. The zero-order valence-corrected chi connectivity index (χ0v) is 21.3. The molecule has 40 heavy (non-hydrogen) atoms. The zero-order chi connectivity index (χ0) is 28.9. The fraction of sp³-hybridized carbons (Fsp3) is 0.296. The lowest BCUT2D eigenvalue weighted by atomic mass is 9.90. The van der Waals surface area contributed by atoms with Crippen LogP contribution < -0.4 is 11.1 Å². The lowest BCUT2D eigenvalue weighted by Gasteiger charge is -2.33. The molecule has 0 radical (unpaired) electrons. The average molecular weight is 557 g/mol. The number of benzene rings is 2. The number of amides is 3. The molecule has 1 aliphatic rings. The van der Waals surface area contributed by atoms with Gasteiger partial charge in [0, 0.05) is 56.0 Å². The number of halogens is 3. The Kier molecular flexibility index (Phi) is 8.51. The Balaban J connectivity index is 1.54. The Bertz CT molecular complexity index is 1360. The highest BCUT2D eigenvalue weighted by Gasteiger charge is 2.37. The number of alkyl halides is 3. The number of hydrogen-bond acceptors (Lipinski definition) is 6. The predicted octanol–water partition coefficient (Wildman–Crippen LogP) is 3.88. The number of carboxylic acid groups (broad SMARTS) is 1. The molecular weight excluding hydrogens is 529 g/mol. The number of carbonyl (C=O) groups excluding carboxylic acids is 2. The minimum absolute atomic E-state index is 0.112. The van der Waals surface area contributed by atoms with Gasteiger partial charge in [-0.3, -0.25) is 9.59 Å². The summed E-state index contributed by atoms with van der Waals surface area (Å²) in [5.74, 6) is -2.08. The van der Waals surface area contributed by atoms with Crippen LogP contribution in [-0.4, -0.2) is 69.0 Å². The van der Waals surface area contributed by atoms with Crippen molar-refractivity contribution in [3.63, 3.8) is 0 Å². The second-order valence-corrected chi connectivity index (χ2v) is 9.31. The summed E-state index contributed by atoms with van der Waals surface area (Å²) in [6.07, 6.45) is -5.33. The molecule has 0 bridgehead atoms. The van der Waals surface area contributed by atoms with Gasteiger partial charge in [0.2, 0.25) is 11.9 Å². The van der Waals surface area contributed by atoms with Gasteiger partial charge in [-0.2, -0.15) is 13.2 Å². The molecule has 2 heterocycles. The van der Waals surface area contributed by atoms with Crippen molar-refractivity contribution in [3.8, 4) is 0 Å². The molecule has 1 atom stereocenters. The third-order valence-electron chi connectivity index (χ3n) is 6.51. The highest BCUT2D eigenvalue weighted by atomic mass is 19.4. The highest BCUT2D eigenvalue weighted by Crippen LogP contribution is 2.37. The smallest absolute Gasteiger partial charge is 0.419 e. The van der Waals surface area contributed by atoms with Crippen LogP contribution in [0, 0.1) is 0 Å². The average Bonchev–Trinajstić information content (AvgIpc) is 2.92. The monoisotopic (exact) mass is 556 g/mol. The quantitative estimate of drug-likeness (QED) is 0.382. The van der Waals surface area contributed by atoms with Gasteiger partial charge in [0.1, 0.15) is 0 Å². The Hall–Kier alpha value is -4.68. The molecule has 4 rings (SSSR count). The zero-order valence-electron chi connectivity index (χ0n) is 21.3. The van der Waals surface area contributed by atoms with Gasteiger partial charge in [-0.1, -0.05) is 30.3 Å². The molecule has 1 aliphatic heterocycles. The van der Waals surface area contributed by atoms with Gasteiger partial charge in [-0.25, -0.2) is 14.8 Å². The Labute approximate surface area is 227 Å². The Morgan fingerprint density at radius 2 is 1.60 bits per heavy atom. The van der Waals surface area contributed by atoms with Gasteiger partial charge in [-0.15, -0.1) is 0 Å². The van der Waals surface area contributed by atoms with Crippen LogP contribution in [0.1, 0.15) is 39.5 Å². The fourth-order valence-corrected chi connectivity index (χ4v) is 4.50. The van der Waals surface area contributed by atoms with Gasteiger partial charge in [0.25, 0.3) is 5.91 Å². The van der Waals surface area contributed by atoms with Crippen molar-refractivity contribution < 1.29 is 32.7 Å².